The number of rotatable bonds is 2. The Morgan fingerprint density at radius 1 is 1.12 bits per heavy atom. The average Bonchev–Trinajstić information content (AvgIpc) is 3.05. The number of benzene rings is 1. The van der Waals surface area contributed by atoms with Crippen molar-refractivity contribution in [1.29, 1.82) is 0 Å². The van der Waals surface area contributed by atoms with E-state index in [9.17, 15) is 0 Å². The topological polar surface area (TPSA) is 122 Å². The van der Waals surface area contributed by atoms with E-state index in [1.807, 2.05) is 29.8 Å². The number of hydrogen-bond acceptors (Lipinski definition) is 7. The van der Waals surface area contributed by atoms with Gasteiger partial charge in [0.25, 0.3) is 6.01 Å². The van der Waals surface area contributed by atoms with E-state index in [1.54, 1.807) is 0 Å². The highest BCUT2D eigenvalue weighted by atomic mass is 16.4. The number of nitrogen functional groups attached to an aromatic ring is 2. The monoisotopic (exact) mass is 351 g/mol. The van der Waals surface area contributed by atoms with Gasteiger partial charge < -0.3 is 15.9 Å². The molecular weight excluding hydrogens is 330 g/mol. The SMILES string of the molecule is Cc1nc(N)nc2c1c(-c1ccc3oc(N)nc3c1)nn2CC(C)(C)C. The van der Waals surface area contributed by atoms with E-state index in [1.165, 1.54) is 0 Å². The van der Waals surface area contributed by atoms with Gasteiger partial charge >= 0.3 is 0 Å². The summed E-state index contributed by atoms with van der Waals surface area (Å²) in [6.45, 7) is 9.09. The summed E-state index contributed by atoms with van der Waals surface area (Å²) >= 11 is 0. The lowest BCUT2D eigenvalue weighted by molar-refractivity contribution is 0.331. The van der Waals surface area contributed by atoms with E-state index in [0.717, 1.165) is 28.0 Å². The summed E-state index contributed by atoms with van der Waals surface area (Å²) in [6.07, 6.45) is 0. The van der Waals surface area contributed by atoms with E-state index in [-0.39, 0.29) is 17.4 Å². The lowest BCUT2D eigenvalue weighted by atomic mass is 9.97. The van der Waals surface area contributed by atoms with Crippen LogP contribution in [0.1, 0.15) is 26.5 Å². The van der Waals surface area contributed by atoms with Crippen molar-refractivity contribution in [1.82, 2.24) is 24.7 Å². The third kappa shape index (κ3) is 2.73. The van der Waals surface area contributed by atoms with Gasteiger partial charge in [-0.15, -0.1) is 0 Å². The number of fused-ring (bicyclic) bond motifs is 2. The summed E-state index contributed by atoms with van der Waals surface area (Å²) < 4.78 is 7.26. The molecule has 3 aromatic heterocycles. The van der Waals surface area contributed by atoms with E-state index in [0.29, 0.717) is 17.6 Å². The minimum absolute atomic E-state index is 0.0361. The molecule has 0 saturated heterocycles. The first-order chi connectivity index (χ1) is 12.2. The molecule has 26 heavy (non-hydrogen) atoms. The highest BCUT2D eigenvalue weighted by molar-refractivity contribution is 5.95. The van der Waals surface area contributed by atoms with Crippen LogP contribution in [0.2, 0.25) is 0 Å². The molecule has 1 aromatic carbocycles. The van der Waals surface area contributed by atoms with E-state index < -0.39 is 0 Å². The molecule has 0 fully saturated rings. The number of nitrogens with zero attached hydrogens (tertiary/aromatic N) is 5. The Morgan fingerprint density at radius 3 is 2.62 bits per heavy atom. The Kier molecular flexibility index (Phi) is 3.40. The Labute approximate surface area is 150 Å². The molecule has 0 aliphatic carbocycles. The van der Waals surface area contributed by atoms with Crippen molar-refractivity contribution in [2.75, 3.05) is 11.5 Å². The normalized spacial score (nSPS) is 12.3. The van der Waals surface area contributed by atoms with Gasteiger partial charge in [0.1, 0.15) is 11.2 Å². The summed E-state index contributed by atoms with van der Waals surface area (Å²) in [5.74, 6) is 0.247. The number of nitrogens with two attached hydrogens (primary N) is 2. The van der Waals surface area contributed by atoms with Crippen LogP contribution in [0.4, 0.5) is 12.0 Å². The summed E-state index contributed by atoms with van der Waals surface area (Å²) in [5, 5.41) is 5.72. The second-order valence-electron chi connectivity index (χ2n) is 7.67. The molecule has 0 amide bonds. The summed E-state index contributed by atoms with van der Waals surface area (Å²) in [7, 11) is 0. The first kappa shape index (κ1) is 16.3. The van der Waals surface area contributed by atoms with Crippen LogP contribution >= 0.6 is 0 Å². The number of hydrogen-bond donors (Lipinski definition) is 2. The Morgan fingerprint density at radius 2 is 1.88 bits per heavy atom. The first-order valence-corrected chi connectivity index (χ1v) is 8.38. The van der Waals surface area contributed by atoms with Crippen LogP contribution in [-0.2, 0) is 6.54 Å². The van der Waals surface area contributed by atoms with Crippen molar-refractivity contribution in [2.24, 2.45) is 5.41 Å². The second-order valence-corrected chi connectivity index (χ2v) is 7.67. The van der Waals surface area contributed by atoms with Gasteiger partial charge in [-0.05, 0) is 30.5 Å². The molecule has 0 aliphatic rings. The van der Waals surface area contributed by atoms with Crippen LogP contribution < -0.4 is 11.5 Å². The molecule has 0 spiro atoms. The minimum Gasteiger partial charge on any atom is -0.424 e. The van der Waals surface area contributed by atoms with E-state index in [2.05, 4.69) is 35.7 Å². The van der Waals surface area contributed by atoms with Crippen molar-refractivity contribution < 1.29 is 4.42 Å². The largest absolute Gasteiger partial charge is 0.424 e. The van der Waals surface area contributed by atoms with Crippen molar-refractivity contribution >= 4 is 34.1 Å². The summed E-state index contributed by atoms with van der Waals surface area (Å²) in [5.41, 5.74) is 16.1. The smallest absolute Gasteiger partial charge is 0.292 e. The predicted octanol–water partition coefficient (Wildman–Crippen LogP) is 3.15. The molecule has 0 bridgehead atoms. The Bertz CT molecular complexity index is 1130. The molecule has 8 heteroatoms. The van der Waals surface area contributed by atoms with Gasteiger partial charge in [0.2, 0.25) is 5.95 Å². The number of aromatic nitrogens is 5. The highest BCUT2D eigenvalue weighted by Crippen LogP contribution is 2.32. The molecule has 0 saturated carbocycles. The maximum absolute atomic E-state index is 5.88. The molecular formula is C18H21N7O. The van der Waals surface area contributed by atoms with Gasteiger partial charge in [-0.3, -0.25) is 0 Å². The Hall–Kier alpha value is -3.16. The number of anilines is 2. The summed E-state index contributed by atoms with van der Waals surface area (Å²) in [6, 6.07) is 5.84. The van der Waals surface area contributed by atoms with Gasteiger partial charge in [-0.25, -0.2) is 9.67 Å². The van der Waals surface area contributed by atoms with Crippen LogP contribution in [-0.4, -0.2) is 24.7 Å². The molecule has 4 rings (SSSR count). The first-order valence-electron chi connectivity index (χ1n) is 8.38. The zero-order valence-electron chi connectivity index (χ0n) is 15.2. The van der Waals surface area contributed by atoms with E-state index >= 15 is 0 Å². The molecule has 0 atom stereocenters. The minimum atomic E-state index is 0.0361. The van der Waals surface area contributed by atoms with Gasteiger partial charge in [0.05, 0.1) is 11.1 Å². The van der Waals surface area contributed by atoms with Crippen molar-refractivity contribution in [3.05, 3.63) is 23.9 Å². The molecule has 0 radical (unpaired) electrons. The van der Waals surface area contributed by atoms with Gasteiger partial charge in [0, 0.05) is 12.1 Å². The maximum atomic E-state index is 5.88. The lowest BCUT2D eigenvalue weighted by Crippen LogP contribution is -2.17. The van der Waals surface area contributed by atoms with Crippen LogP contribution in [0.15, 0.2) is 22.6 Å². The highest BCUT2D eigenvalue weighted by Gasteiger charge is 2.21. The number of oxazole rings is 1. The fourth-order valence-corrected chi connectivity index (χ4v) is 3.12. The number of aryl methyl sites for hydroxylation is 1. The van der Waals surface area contributed by atoms with Crippen LogP contribution in [0.5, 0.6) is 0 Å². The van der Waals surface area contributed by atoms with Crippen LogP contribution in [0.3, 0.4) is 0 Å². The van der Waals surface area contributed by atoms with Gasteiger partial charge in [0.15, 0.2) is 11.2 Å². The molecule has 4 N–H and O–H groups in total. The third-order valence-corrected chi connectivity index (χ3v) is 4.09. The van der Waals surface area contributed by atoms with Crippen molar-refractivity contribution in [2.45, 2.75) is 34.2 Å². The van der Waals surface area contributed by atoms with Gasteiger partial charge in [-0.1, -0.05) is 20.8 Å². The lowest BCUT2D eigenvalue weighted by Gasteiger charge is -2.18. The molecule has 0 aliphatic heterocycles. The molecule has 134 valence electrons. The zero-order chi connectivity index (χ0) is 18.6. The quantitative estimate of drug-likeness (QED) is 0.569. The average molecular weight is 351 g/mol. The van der Waals surface area contributed by atoms with Gasteiger partial charge in [-0.2, -0.15) is 15.1 Å². The molecule has 8 nitrogen and oxygen atoms in total. The second kappa shape index (κ2) is 5.42. The summed E-state index contributed by atoms with van der Waals surface area (Å²) in [4.78, 5) is 13.0. The maximum Gasteiger partial charge on any atom is 0.292 e. The van der Waals surface area contributed by atoms with Crippen molar-refractivity contribution in [3.8, 4) is 11.3 Å². The molecule has 0 unspecified atom stereocenters. The fraction of sp³-hybridized carbons (Fsp3) is 0.333. The molecule has 4 aromatic rings. The Balaban J connectivity index is 1.98. The predicted molar refractivity (Wildman–Crippen MR) is 101 cm³/mol. The standard InChI is InChI=1S/C18H21N7O/c1-9-13-14(10-5-6-12-11(7-10)22-17(20)26-12)24-25(8-18(2,3)4)15(13)23-16(19)21-9/h5-7H,8H2,1-4H3,(H2,20,22)(H2,19,21,23). The third-order valence-electron chi connectivity index (χ3n) is 4.09. The van der Waals surface area contributed by atoms with Crippen LogP contribution in [0.25, 0.3) is 33.4 Å². The van der Waals surface area contributed by atoms with E-state index in [4.69, 9.17) is 21.0 Å². The van der Waals surface area contributed by atoms with Crippen LogP contribution in [0, 0.1) is 12.3 Å². The van der Waals surface area contributed by atoms with Crippen molar-refractivity contribution in [3.63, 3.8) is 0 Å². The fourth-order valence-electron chi connectivity index (χ4n) is 3.12. The molecule has 3 heterocycles. The zero-order valence-corrected chi connectivity index (χ0v) is 15.2.